The second kappa shape index (κ2) is 5.68. The summed E-state index contributed by atoms with van der Waals surface area (Å²) < 4.78 is 11.0. The van der Waals surface area contributed by atoms with Crippen molar-refractivity contribution in [2.45, 2.75) is 52.0 Å². The van der Waals surface area contributed by atoms with E-state index >= 15 is 0 Å². The van der Waals surface area contributed by atoms with Gasteiger partial charge in [0, 0.05) is 6.20 Å². The first-order valence-electron chi connectivity index (χ1n) is 7.23. The second-order valence-corrected chi connectivity index (χ2v) is 6.70. The largest absolute Gasteiger partial charge is 0.444 e. The number of pyridine rings is 1. The number of hydrogen-bond acceptors (Lipinski definition) is 5. The van der Waals surface area contributed by atoms with Gasteiger partial charge in [0.15, 0.2) is 0 Å². The summed E-state index contributed by atoms with van der Waals surface area (Å²) in [6, 6.07) is 4.36. The van der Waals surface area contributed by atoms with E-state index in [0.29, 0.717) is 5.69 Å². The lowest BCUT2D eigenvalue weighted by atomic mass is 10.1. The maximum atomic E-state index is 12.6. The predicted octanol–water partition coefficient (Wildman–Crippen LogP) is 2.64. The average Bonchev–Trinajstić information content (AvgIpc) is 2.72. The van der Waals surface area contributed by atoms with Gasteiger partial charge in [-0.3, -0.25) is 14.7 Å². The van der Waals surface area contributed by atoms with E-state index in [2.05, 4.69) is 4.98 Å². The van der Waals surface area contributed by atoms with E-state index in [4.69, 9.17) is 9.47 Å². The molecule has 1 amide bonds. The summed E-state index contributed by atoms with van der Waals surface area (Å²) in [4.78, 5) is 30.5. The molecule has 6 nitrogen and oxygen atoms in total. The van der Waals surface area contributed by atoms with E-state index < -0.39 is 23.5 Å². The number of carbonyl (C=O) groups excluding carboxylic acids is 2. The summed E-state index contributed by atoms with van der Waals surface area (Å²) in [5, 5.41) is 0. The van der Waals surface area contributed by atoms with Gasteiger partial charge in [-0.15, -0.1) is 0 Å². The fourth-order valence-electron chi connectivity index (χ4n) is 2.33. The van der Waals surface area contributed by atoms with Crippen LogP contribution in [0.2, 0.25) is 0 Å². The lowest BCUT2D eigenvalue weighted by molar-refractivity contribution is -0.0615. The van der Waals surface area contributed by atoms with Crippen LogP contribution in [0.25, 0.3) is 0 Å². The topological polar surface area (TPSA) is 68.7 Å². The Bertz CT molecular complexity index is 563. The molecule has 2 rings (SSSR count). The van der Waals surface area contributed by atoms with E-state index in [1.54, 1.807) is 59.0 Å². The van der Waals surface area contributed by atoms with Crippen molar-refractivity contribution in [1.82, 2.24) is 9.88 Å². The van der Waals surface area contributed by atoms with Crippen LogP contribution in [0.5, 0.6) is 0 Å². The van der Waals surface area contributed by atoms with E-state index in [1.165, 1.54) is 4.90 Å². The highest BCUT2D eigenvalue weighted by Crippen LogP contribution is 2.30. The Labute approximate surface area is 130 Å². The Morgan fingerprint density at radius 1 is 1.36 bits per heavy atom. The van der Waals surface area contributed by atoms with Crippen LogP contribution < -0.4 is 0 Å². The van der Waals surface area contributed by atoms with Gasteiger partial charge in [-0.25, -0.2) is 4.79 Å². The molecule has 0 aromatic carbocycles. The van der Waals surface area contributed by atoms with Gasteiger partial charge < -0.3 is 9.47 Å². The monoisotopic (exact) mass is 306 g/mol. The number of rotatable bonds is 2. The maximum absolute atomic E-state index is 12.6. The molecule has 1 atom stereocenters. The number of carbonyl (C=O) groups is 2. The first-order chi connectivity index (χ1) is 10.1. The Kier molecular flexibility index (Phi) is 4.24. The van der Waals surface area contributed by atoms with Crippen molar-refractivity contribution in [2.75, 3.05) is 6.61 Å². The minimum Gasteiger partial charge on any atom is -0.444 e. The number of ether oxygens (including phenoxy) is 2. The van der Waals surface area contributed by atoms with E-state index in [0.717, 1.165) is 0 Å². The van der Waals surface area contributed by atoms with Crippen LogP contribution in [0.3, 0.4) is 0 Å². The number of nitrogens with zero attached hydrogens (tertiary/aromatic N) is 2. The molecular formula is C16H22N2O4. The summed E-state index contributed by atoms with van der Waals surface area (Å²) in [7, 11) is 0. The highest BCUT2D eigenvalue weighted by Gasteiger charge is 2.49. The van der Waals surface area contributed by atoms with Crippen molar-refractivity contribution in [3.05, 3.63) is 30.1 Å². The molecule has 120 valence electrons. The van der Waals surface area contributed by atoms with E-state index in [1.807, 2.05) is 0 Å². The maximum Gasteiger partial charge on any atom is 0.413 e. The molecule has 1 unspecified atom stereocenters. The molecular weight excluding hydrogens is 284 g/mol. The summed E-state index contributed by atoms with van der Waals surface area (Å²) in [6.07, 6.45) is 0.982. The first-order valence-corrected chi connectivity index (χ1v) is 7.23. The van der Waals surface area contributed by atoms with E-state index in [9.17, 15) is 9.59 Å². The molecule has 0 bridgehead atoms. The Balaban J connectivity index is 2.27. The van der Waals surface area contributed by atoms with Crippen molar-refractivity contribution in [2.24, 2.45) is 0 Å². The Morgan fingerprint density at radius 3 is 2.59 bits per heavy atom. The van der Waals surface area contributed by atoms with Crippen molar-refractivity contribution >= 4 is 11.9 Å². The lowest BCUT2D eigenvalue weighted by Gasteiger charge is -2.34. The van der Waals surface area contributed by atoms with Crippen molar-refractivity contribution < 1.29 is 19.1 Å². The fraction of sp³-hybridized carbons (Fsp3) is 0.562. The van der Waals surface area contributed by atoms with Crippen LogP contribution in [-0.2, 0) is 9.47 Å². The molecule has 1 aromatic heterocycles. The minimum atomic E-state index is -0.905. The number of hydrogen-bond donors (Lipinski definition) is 0. The molecule has 1 aromatic rings. The Hall–Kier alpha value is -1.95. The van der Waals surface area contributed by atoms with Crippen LogP contribution in [-0.4, -0.2) is 45.7 Å². The summed E-state index contributed by atoms with van der Waals surface area (Å²) in [6.45, 7) is 8.95. The molecule has 0 saturated carbocycles. The third-order valence-electron chi connectivity index (χ3n) is 3.30. The summed E-state index contributed by atoms with van der Waals surface area (Å²) in [5.41, 5.74) is -1.24. The minimum absolute atomic E-state index is 0.127. The molecule has 2 heterocycles. The zero-order chi connectivity index (χ0) is 16.5. The molecule has 0 N–H and O–H groups in total. The molecule has 1 aliphatic heterocycles. The standard InChI is InChI=1S/C16H22N2O4/c1-15(2,3)22-14(20)18-12(10-21-16(18,4)5)13(19)11-8-6-7-9-17-11/h6-9,12H,10H2,1-5H3. The summed E-state index contributed by atoms with van der Waals surface area (Å²) >= 11 is 0. The number of amides is 1. The molecule has 1 fully saturated rings. The van der Waals surface area contributed by atoms with Gasteiger partial charge >= 0.3 is 6.09 Å². The van der Waals surface area contributed by atoms with Gasteiger partial charge in [0.25, 0.3) is 0 Å². The zero-order valence-corrected chi connectivity index (χ0v) is 13.6. The van der Waals surface area contributed by atoms with Crippen LogP contribution in [0, 0.1) is 0 Å². The van der Waals surface area contributed by atoms with Gasteiger partial charge in [0.1, 0.15) is 23.1 Å². The smallest absolute Gasteiger partial charge is 0.413 e. The van der Waals surface area contributed by atoms with Crippen molar-refractivity contribution in [3.8, 4) is 0 Å². The van der Waals surface area contributed by atoms with Gasteiger partial charge in [-0.2, -0.15) is 0 Å². The molecule has 0 aliphatic carbocycles. The van der Waals surface area contributed by atoms with Gasteiger partial charge in [-0.1, -0.05) is 6.07 Å². The zero-order valence-electron chi connectivity index (χ0n) is 13.6. The number of Topliss-reactive ketones (excluding diaryl/α,β-unsaturated/α-hetero) is 1. The quantitative estimate of drug-likeness (QED) is 0.786. The molecule has 6 heteroatoms. The number of aromatic nitrogens is 1. The average molecular weight is 306 g/mol. The highest BCUT2D eigenvalue weighted by molar-refractivity contribution is 6.00. The molecule has 22 heavy (non-hydrogen) atoms. The normalized spacial score (nSPS) is 20.8. The predicted molar refractivity (Wildman–Crippen MR) is 80.5 cm³/mol. The van der Waals surface area contributed by atoms with Crippen LogP contribution in [0.1, 0.15) is 45.1 Å². The molecule has 1 saturated heterocycles. The van der Waals surface area contributed by atoms with Gasteiger partial charge in [0.05, 0.1) is 6.61 Å². The third kappa shape index (κ3) is 3.44. The van der Waals surface area contributed by atoms with Gasteiger partial charge in [-0.05, 0) is 46.8 Å². The third-order valence-corrected chi connectivity index (χ3v) is 3.30. The number of ketones is 1. The van der Waals surface area contributed by atoms with Crippen LogP contribution in [0.15, 0.2) is 24.4 Å². The Morgan fingerprint density at radius 2 is 2.05 bits per heavy atom. The van der Waals surface area contributed by atoms with E-state index in [-0.39, 0.29) is 12.4 Å². The highest BCUT2D eigenvalue weighted by atomic mass is 16.6. The fourth-order valence-corrected chi connectivity index (χ4v) is 2.33. The lowest BCUT2D eigenvalue weighted by Crippen LogP contribution is -2.52. The first kappa shape index (κ1) is 16.4. The van der Waals surface area contributed by atoms with Crippen molar-refractivity contribution in [3.63, 3.8) is 0 Å². The molecule has 0 spiro atoms. The van der Waals surface area contributed by atoms with Crippen LogP contribution >= 0.6 is 0 Å². The second-order valence-electron chi connectivity index (χ2n) is 6.70. The summed E-state index contributed by atoms with van der Waals surface area (Å²) in [5.74, 6) is -0.253. The molecule has 1 aliphatic rings. The van der Waals surface area contributed by atoms with Gasteiger partial charge in [0.2, 0.25) is 5.78 Å². The molecule has 0 radical (unpaired) electrons. The van der Waals surface area contributed by atoms with Crippen molar-refractivity contribution in [1.29, 1.82) is 0 Å². The van der Waals surface area contributed by atoms with Crippen LogP contribution in [0.4, 0.5) is 4.79 Å². The SMILES string of the molecule is CC(C)(C)OC(=O)N1C(C(=O)c2ccccn2)COC1(C)C.